The molecule has 0 fully saturated rings. The van der Waals surface area contributed by atoms with Crippen LogP contribution in [0.4, 0.5) is 10.1 Å². The lowest BCUT2D eigenvalue weighted by Crippen LogP contribution is -2.24. The molecule has 0 saturated carbocycles. The van der Waals surface area contributed by atoms with Gasteiger partial charge in [-0.1, -0.05) is 23.7 Å². The zero-order valence-corrected chi connectivity index (χ0v) is 12.1. The summed E-state index contributed by atoms with van der Waals surface area (Å²) in [5.41, 5.74) is 4.16. The fourth-order valence-corrected chi connectivity index (χ4v) is 2.72. The van der Waals surface area contributed by atoms with Crippen LogP contribution < -0.4 is 10.1 Å². The molecular weight excluding hydrogens is 277 g/mol. The molecule has 0 amide bonds. The molecule has 2 nitrogen and oxygen atoms in total. The van der Waals surface area contributed by atoms with Crippen molar-refractivity contribution in [1.29, 1.82) is 0 Å². The number of halogens is 2. The number of hydrogen-bond acceptors (Lipinski definition) is 2. The van der Waals surface area contributed by atoms with E-state index in [0.29, 0.717) is 6.54 Å². The summed E-state index contributed by atoms with van der Waals surface area (Å²) >= 11 is 5.83. The molecule has 0 aliphatic carbocycles. The van der Waals surface area contributed by atoms with Gasteiger partial charge in [0, 0.05) is 0 Å². The molecule has 1 aliphatic heterocycles. The number of hydrogen-bond donors (Lipinski definition) is 1. The first-order valence-electron chi connectivity index (χ1n) is 6.51. The second-order valence-electron chi connectivity index (χ2n) is 5.12. The smallest absolute Gasteiger partial charge is 0.146 e. The summed E-state index contributed by atoms with van der Waals surface area (Å²) in [6, 6.07) is 8.86. The molecule has 1 atom stereocenters. The van der Waals surface area contributed by atoms with E-state index >= 15 is 0 Å². The van der Waals surface area contributed by atoms with Crippen molar-refractivity contribution in [3.8, 4) is 5.75 Å². The van der Waals surface area contributed by atoms with E-state index in [1.165, 1.54) is 11.6 Å². The molecule has 1 aliphatic rings. The molecule has 3 rings (SSSR count). The highest BCUT2D eigenvalue weighted by Crippen LogP contribution is 2.38. The maximum atomic E-state index is 13.2. The zero-order chi connectivity index (χ0) is 14.3. The standard InChI is InChI=1S/C16H15ClFNO/c1-9-5-10(2)16-14(6-9)19-8-15(20-16)11-3-4-13(18)12(17)7-11/h3-7,15,19H,8H2,1-2H3. The summed E-state index contributed by atoms with van der Waals surface area (Å²) in [6.45, 7) is 4.71. The predicted octanol–water partition coefficient (Wildman–Crippen LogP) is 4.64. The molecule has 0 radical (unpaired) electrons. The van der Waals surface area contributed by atoms with Crippen LogP contribution in [-0.2, 0) is 0 Å². The molecule has 0 bridgehead atoms. The maximum Gasteiger partial charge on any atom is 0.146 e. The SMILES string of the molecule is Cc1cc(C)c2c(c1)NCC(c1ccc(F)c(Cl)c1)O2. The van der Waals surface area contributed by atoms with Gasteiger partial charge in [0.25, 0.3) is 0 Å². The summed E-state index contributed by atoms with van der Waals surface area (Å²) in [6.07, 6.45) is -0.165. The lowest BCUT2D eigenvalue weighted by atomic mass is 10.0. The van der Waals surface area contributed by atoms with Crippen LogP contribution >= 0.6 is 11.6 Å². The average molecular weight is 292 g/mol. The third-order valence-electron chi connectivity index (χ3n) is 3.47. The number of anilines is 1. The van der Waals surface area contributed by atoms with E-state index in [2.05, 4.69) is 24.4 Å². The van der Waals surface area contributed by atoms with E-state index in [1.54, 1.807) is 12.1 Å². The lowest BCUT2D eigenvalue weighted by Gasteiger charge is -2.29. The Kier molecular flexibility index (Phi) is 3.30. The number of nitrogens with one attached hydrogen (secondary N) is 1. The summed E-state index contributed by atoms with van der Waals surface area (Å²) in [5.74, 6) is 0.443. The number of aryl methyl sites for hydroxylation is 2. The van der Waals surface area contributed by atoms with Crippen LogP contribution in [0.2, 0.25) is 5.02 Å². The van der Waals surface area contributed by atoms with Crippen LogP contribution in [0.1, 0.15) is 22.8 Å². The van der Waals surface area contributed by atoms with Crippen LogP contribution in [0.5, 0.6) is 5.75 Å². The Bertz CT molecular complexity index is 672. The van der Waals surface area contributed by atoms with E-state index < -0.39 is 5.82 Å². The molecule has 2 aromatic rings. The first-order valence-corrected chi connectivity index (χ1v) is 6.89. The second-order valence-corrected chi connectivity index (χ2v) is 5.53. The molecule has 2 aromatic carbocycles. The molecule has 20 heavy (non-hydrogen) atoms. The molecule has 1 heterocycles. The van der Waals surface area contributed by atoms with Gasteiger partial charge in [-0.15, -0.1) is 0 Å². The molecule has 0 spiro atoms. The third kappa shape index (κ3) is 2.34. The van der Waals surface area contributed by atoms with Crippen molar-refractivity contribution >= 4 is 17.3 Å². The van der Waals surface area contributed by atoms with Gasteiger partial charge in [0.05, 0.1) is 17.3 Å². The Labute approximate surface area is 122 Å². The summed E-state index contributed by atoms with van der Waals surface area (Å²) in [7, 11) is 0. The molecule has 0 aromatic heterocycles. The minimum Gasteiger partial charge on any atom is -0.481 e. The van der Waals surface area contributed by atoms with Crippen LogP contribution in [0.15, 0.2) is 30.3 Å². The Balaban J connectivity index is 1.93. The van der Waals surface area contributed by atoms with Gasteiger partial charge in [0.1, 0.15) is 17.7 Å². The number of rotatable bonds is 1. The predicted molar refractivity (Wildman–Crippen MR) is 79.2 cm³/mol. The van der Waals surface area contributed by atoms with Crippen molar-refractivity contribution in [2.24, 2.45) is 0 Å². The van der Waals surface area contributed by atoms with Crippen LogP contribution in [0.25, 0.3) is 0 Å². The molecule has 104 valence electrons. The largest absolute Gasteiger partial charge is 0.481 e. The van der Waals surface area contributed by atoms with E-state index in [9.17, 15) is 4.39 Å². The summed E-state index contributed by atoms with van der Waals surface area (Å²) in [5, 5.41) is 3.49. The van der Waals surface area contributed by atoms with Gasteiger partial charge in [0.2, 0.25) is 0 Å². The quantitative estimate of drug-likeness (QED) is 0.826. The Morgan fingerprint density at radius 1 is 1.25 bits per heavy atom. The van der Waals surface area contributed by atoms with Crippen molar-refractivity contribution in [3.63, 3.8) is 0 Å². The number of ether oxygens (including phenoxy) is 1. The minimum absolute atomic E-state index is 0.123. The first kappa shape index (κ1) is 13.3. The number of fused-ring (bicyclic) bond motifs is 1. The molecule has 0 saturated heterocycles. The van der Waals surface area contributed by atoms with Crippen LogP contribution in [0.3, 0.4) is 0 Å². The molecule has 4 heteroatoms. The summed E-state index contributed by atoms with van der Waals surface area (Å²) in [4.78, 5) is 0. The first-order chi connectivity index (χ1) is 9.54. The topological polar surface area (TPSA) is 21.3 Å². The van der Waals surface area contributed by atoms with E-state index in [0.717, 1.165) is 22.6 Å². The molecule has 1 N–H and O–H groups in total. The van der Waals surface area contributed by atoms with Crippen LogP contribution in [-0.4, -0.2) is 6.54 Å². The van der Waals surface area contributed by atoms with Gasteiger partial charge in [0.15, 0.2) is 0 Å². The highest BCUT2D eigenvalue weighted by atomic mass is 35.5. The van der Waals surface area contributed by atoms with E-state index in [1.807, 2.05) is 6.92 Å². The molecule has 1 unspecified atom stereocenters. The normalized spacial score (nSPS) is 17.1. The minimum atomic E-state index is -0.411. The van der Waals surface area contributed by atoms with Gasteiger partial charge in [-0.25, -0.2) is 4.39 Å². The van der Waals surface area contributed by atoms with E-state index in [-0.39, 0.29) is 11.1 Å². The monoisotopic (exact) mass is 291 g/mol. The van der Waals surface area contributed by atoms with Crippen molar-refractivity contribution < 1.29 is 9.13 Å². The fraction of sp³-hybridized carbons (Fsp3) is 0.250. The number of benzene rings is 2. The van der Waals surface area contributed by atoms with Crippen molar-refractivity contribution in [2.45, 2.75) is 20.0 Å². The average Bonchev–Trinajstić information content (AvgIpc) is 2.41. The highest BCUT2D eigenvalue weighted by molar-refractivity contribution is 6.30. The zero-order valence-electron chi connectivity index (χ0n) is 11.3. The Morgan fingerprint density at radius 2 is 2.05 bits per heavy atom. The Hall–Kier alpha value is -1.74. The van der Waals surface area contributed by atoms with Gasteiger partial charge in [-0.2, -0.15) is 0 Å². The van der Waals surface area contributed by atoms with Crippen LogP contribution in [0, 0.1) is 19.7 Å². The summed E-state index contributed by atoms with van der Waals surface area (Å²) < 4.78 is 19.3. The van der Waals surface area contributed by atoms with Gasteiger partial charge in [-0.05, 0) is 48.7 Å². The third-order valence-corrected chi connectivity index (χ3v) is 3.76. The van der Waals surface area contributed by atoms with Crippen molar-refractivity contribution in [2.75, 3.05) is 11.9 Å². The van der Waals surface area contributed by atoms with Gasteiger partial charge in [-0.3, -0.25) is 0 Å². The second kappa shape index (κ2) is 4.98. The molecular formula is C16H15ClFNO. The van der Waals surface area contributed by atoms with E-state index in [4.69, 9.17) is 16.3 Å². The fourth-order valence-electron chi connectivity index (χ4n) is 2.53. The highest BCUT2D eigenvalue weighted by Gasteiger charge is 2.23. The van der Waals surface area contributed by atoms with Crippen molar-refractivity contribution in [3.05, 3.63) is 57.9 Å². The van der Waals surface area contributed by atoms with Gasteiger partial charge >= 0.3 is 0 Å². The van der Waals surface area contributed by atoms with Crippen molar-refractivity contribution in [1.82, 2.24) is 0 Å². The van der Waals surface area contributed by atoms with Gasteiger partial charge < -0.3 is 10.1 Å². The Morgan fingerprint density at radius 3 is 2.80 bits per heavy atom. The lowest BCUT2D eigenvalue weighted by molar-refractivity contribution is 0.209. The maximum absolute atomic E-state index is 13.2.